The van der Waals surface area contributed by atoms with Gasteiger partial charge in [0.15, 0.2) is 0 Å². The molecule has 0 bridgehead atoms. The van der Waals surface area contributed by atoms with Crippen LogP contribution in [0.1, 0.15) is 123 Å². The van der Waals surface area contributed by atoms with E-state index in [-0.39, 0.29) is 106 Å². The normalized spacial score (nSPS) is 10.3. The van der Waals surface area contributed by atoms with Crippen LogP contribution in [0.5, 0.6) is 0 Å². The Hall–Kier alpha value is -10.4. The van der Waals surface area contributed by atoms with Crippen LogP contribution < -0.4 is 0 Å². The van der Waals surface area contributed by atoms with Crippen molar-refractivity contribution in [2.24, 2.45) is 0 Å². The maximum Gasteiger partial charge on any atom is 3.00 e. The van der Waals surface area contributed by atoms with Gasteiger partial charge in [-0.1, -0.05) is 252 Å². The van der Waals surface area contributed by atoms with Crippen molar-refractivity contribution in [3.8, 4) is 123 Å². The number of hydrogen-bond acceptors (Lipinski definition) is 5. The molecule has 5 nitrogen and oxygen atoms in total. The second-order valence-corrected chi connectivity index (χ2v) is 31.8. The standard InChI is InChI=1S/C23H24N.C22H20.C21H20N.2C19H16N.C11H8N.5Ir/c1-16(2)20-13-21(17(3)4)15-22(14-20)18-8-7-9-19(12-18)23-10-5-6-11-24-23;1-22(2,3)21-14-8-13-20(16-21)19-12-7-11-18(15-19)17-9-5-4-6-10-17;1-14-10-15(2)12-20(11-14)18-6-5-7-19(13-18)21-17(4)16(3)8-9-22-21;1-14-10-15(2)12-18(11-14)16-6-5-7-17(13-16)19-8-3-4-9-20-19;1-2-15-11-12-20-19(13-15)18-10-6-9-17(14-18)16-7-4-3-5-8-16;1-2-6-10(7-3-1)11-8-4-5-9-12-11;;;;;/h5-8,10-17H,1-4H3;4-11,14-16H,1-3H3;5-6,8-13H,1-4H3;3-6,8-13H,1-2H3;3-9,11-14H,2H2,1H3;1-6,8-9H;;;;;/q-1;-2;4*-1;;;;;+3. The van der Waals surface area contributed by atoms with E-state index in [1.54, 1.807) is 6.20 Å². The Morgan fingerprint density at radius 2 is 0.624 bits per heavy atom. The quantitative estimate of drug-likeness (QED) is 0.102. The second-order valence-electron chi connectivity index (χ2n) is 31.8. The molecule has 17 aromatic rings. The molecule has 0 saturated heterocycles. The van der Waals surface area contributed by atoms with E-state index in [4.69, 9.17) is 0 Å². The Bertz CT molecular complexity index is 6030. The van der Waals surface area contributed by atoms with Gasteiger partial charge in [0.25, 0.3) is 0 Å². The van der Waals surface area contributed by atoms with Crippen LogP contribution in [0.4, 0.5) is 0 Å². The van der Waals surface area contributed by atoms with Crippen molar-refractivity contribution in [2.45, 2.75) is 121 Å². The summed E-state index contributed by atoms with van der Waals surface area (Å²) in [4.78, 5) is 22.1. The van der Waals surface area contributed by atoms with Crippen LogP contribution in [0.25, 0.3) is 123 Å². The largest absolute Gasteiger partial charge is 3.00 e. The van der Waals surface area contributed by atoms with Gasteiger partial charge in [-0.05, 0) is 163 Å². The summed E-state index contributed by atoms with van der Waals surface area (Å²) in [7, 11) is 0. The summed E-state index contributed by atoms with van der Waals surface area (Å²) in [6, 6.07) is 134. The molecule has 0 aliphatic rings. The topological polar surface area (TPSA) is 64.5 Å². The minimum atomic E-state index is 0. The van der Waals surface area contributed by atoms with Gasteiger partial charge < -0.3 is 24.9 Å². The zero-order valence-electron chi connectivity index (χ0n) is 73.3. The van der Waals surface area contributed by atoms with E-state index in [1.165, 1.54) is 111 Å². The molecule has 0 saturated carbocycles. The maximum atomic E-state index is 4.55. The molecule has 5 heterocycles. The average Bonchev–Trinajstić information content (AvgIpc) is 0.823. The van der Waals surface area contributed by atoms with Crippen molar-refractivity contribution in [2.75, 3.05) is 0 Å². The molecule has 10 heteroatoms. The van der Waals surface area contributed by atoms with Crippen LogP contribution in [0.15, 0.2) is 353 Å². The molecule has 4 radical (unpaired) electrons. The molecule has 0 N–H and O–H groups in total. The van der Waals surface area contributed by atoms with E-state index in [0.717, 1.165) is 73.8 Å². The third kappa shape index (κ3) is 29.9. The predicted molar refractivity (Wildman–Crippen MR) is 504 cm³/mol. The Labute approximate surface area is 811 Å². The van der Waals surface area contributed by atoms with Gasteiger partial charge >= 0.3 is 20.1 Å². The van der Waals surface area contributed by atoms with Crippen LogP contribution in [-0.4, -0.2) is 24.9 Å². The molecule has 638 valence electrons. The summed E-state index contributed by atoms with van der Waals surface area (Å²) in [5.41, 5.74) is 37.7. The first-order valence-corrected chi connectivity index (χ1v) is 41.3. The van der Waals surface area contributed by atoms with E-state index in [2.05, 4.69) is 352 Å². The van der Waals surface area contributed by atoms with Crippen molar-refractivity contribution < 1.29 is 101 Å². The van der Waals surface area contributed by atoms with E-state index in [1.807, 2.05) is 158 Å². The first-order chi connectivity index (χ1) is 58.2. The molecular weight excluding hydrogens is 2410 g/mol. The van der Waals surface area contributed by atoms with Gasteiger partial charge in [0.2, 0.25) is 0 Å². The Morgan fingerprint density at radius 3 is 1.04 bits per heavy atom. The Morgan fingerprint density at radius 1 is 0.272 bits per heavy atom. The minimum absolute atomic E-state index is 0. The fourth-order valence-corrected chi connectivity index (χ4v) is 14.0. The SMILES string of the molecule is CC(C)(C)c1cc[c-]c(-c2[c-]ccc(-c3ccccc3)c2)c1.CC(C)c1cc(-c2cc[c-]c(-c3ccccn3)c2)cc(C(C)C)c1.CCc1ccnc(-c2[c-]ccc(-c3ccccc3)c2)c1.Cc1cc(C)cc(-c2cc[c-]c(-c3ccccn3)c2)c1.Cc1cc(C)cc(-c2cc[c-]c(-c3nccc(C)c3C)c2)c1.[Ir+3].[Ir].[Ir].[Ir].[Ir].[c-]1ccccc1-c1ccccn1. The van der Waals surface area contributed by atoms with Gasteiger partial charge in [-0.25, -0.2) is 11.1 Å². The zero-order valence-corrected chi connectivity index (χ0v) is 85.2. The van der Waals surface area contributed by atoms with Crippen LogP contribution >= 0.6 is 0 Å². The van der Waals surface area contributed by atoms with Gasteiger partial charge in [-0.2, -0.15) is 36.4 Å². The van der Waals surface area contributed by atoms with Crippen molar-refractivity contribution >= 4 is 0 Å². The van der Waals surface area contributed by atoms with Crippen LogP contribution in [0.2, 0.25) is 0 Å². The summed E-state index contributed by atoms with van der Waals surface area (Å²) in [5, 5.41) is 0. The molecule has 0 atom stereocenters. The van der Waals surface area contributed by atoms with Crippen LogP contribution in [0, 0.1) is 84.0 Å². The fraction of sp³-hybridized carbons (Fsp3) is 0.157. The summed E-state index contributed by atoms with van der Waals surface area (Å²) in [5.74, 6) is 1.04. The third-order valence-electron chi connectivity index (χ3n) is 20.7. The number of hydrogen-bond donors (Lipinski definition) is 0. The molecule has 0 fully saturated rings. The molecule has 5 aromatic heterocycles. The van der Waals surface area contributed by atoms with Crippen molar-refractivity contribution in [1.82, 2.24) is 24.9 Å². The van der Waals surface area contributed by atoms with Gasteiger partial charge in [-0.15, -0.1) is 201 Å². The second kappa shape index (κ2) is 50.7. The minimum Gasteiger partial charge on any atom is -0.305 e. The molecular formula is C115H104Ir5N5-4. The summed E-state index contributed by atoms with van der Waals surface area (Å²) in [6.45, 7) is 30.6. The number of benzene rings is 12. The Balaban J connectivity index is 0.000000206. The smallest absolute Gasteiger partial charge is 0.305 e. The van der Waals surface area contributed by atoms with E-state index in [9.17, 15) is 0 Å². The fourth-order valence-electron chi connectivity index (χ4n) is 14.0. The first-order valence-electron chi connectivity index (χ1n) is 41.3. The van der Waals surface area contributed by atoms with Crippen molar-refractivity contribution in [3.63, 3.8) is 0 Å². The number of nitrogens with zero attached hydrogens (tertiary/aromatic N) is 5. The summed E-state index contributed by atoms with van der Waals surface area (Å²) < 4.78 is 0. The third-order valence-corrected chi connectivity index (χ3v) is 20.7. The molecule has 0 spiro atoms. The number of pyridine rings is 5. The van der Waals surface area contributed by atoms with Gasteiger partial charge in [0, 0.05) is 111 Å². The molecule has 0 aliphatic heterocycles. The van der Waals surface area contributed by atoms with Crippen molar-refractivity contribution in [3.05, 3.63) is 451 Å². The van der Waals surface area contributed by atoms with Gasteiger partial charge in [-0.3, -0.25) is 0 Å². The summed E-state index contributed by atoms with van der Waals surface area (Å²) in [6.07, 6.45) is 10.2. The van der Waals surface area contributed by atoms with Gasteiger partial charge in [0.05, 0.1) is 0 Å². The van der Waals surface area contributed by atoms with Crippen LogP contribution in [-0.2, 0) is 112 Å². The van der Waals surface area contributed by atoms with E-state index >= 15 is 0 Å². The molecule has 0 aliphatic carbocycles. The molecule has 0 unspecified atom stereocenters. The zero-order chi connectivity index (χ0) is 84.3. The average molecular weight is 2520 g/mol. The van der Waals surface area contributed by atoms with E-state index < -0.39 is 0 Å². The number of aryl methyl sites for hydroxylation is 6. The molecule has 0 amide bonds. The molecule has 12 aromatic carbocycles. The molecule has 125 heavy (non-hydrogen) atoms. The maximum absolute atomic E-state index is 4.55. The van der Waals surface area contributed by atoms with E-state index in [0.29, 0.717) is 11.8 Å². The summed E-state index contributed by atoms with van der Waals surface area (Å²) >= 11 is 0. The number of rotatable bonds is 14. The molecule has 17 rings (SSSR count). The Kier molecular flexibility index (Phi) is 41.3. The van der Waals surface area contributed by atoms with Crippen LogP contribution in [0.3, 0.4) is 0 Å². The monoisotopic (exact) mass is 2520 g/mol. The van der Waals surface area contributed by atoms with Crippen molar-refractivity contribution in [1.29, 1.82) is 0 Å². The first kappa shape index (κ1) is 102. The predicted octanol–water partition coefficient (Wildman–Crippen LogP) is 30.0. The van der Waals surface area contributed by atoms with Gasteiger partial charge in [0.1, 0.15) is 0 Å². The number of aromatic nitrogens is 5.